The fourth-order valence-corrected chi connectivity index (χ4v) is 24.6. The molecule has 0 bridgehead atoms. The molecule has 2 atom stereocenters. The lowest BCUT2D eigenvalue weighted by Crippen LogP contribution is -2.28. The van der Waals surface area contributed by atoms with E-state index in [2.05, 4.69) is 531 Å². The number of hydrogen-bond acceptors (Lipinski definition) is 0. The summed E-state index contributed by atoms with van der Waals surface area (Å²) in [7, 11) is 3.91. The molecule has 680 valence electrons. The number of rotatable bonds is 11. The van der Waals surface area contributed by atoms with Crippen LogP contribution in [-0.4, -0.2) is 15.6 Å². The molecule has 30 rings (SSSR count). The van der Waals surface area contributed by atoms with Crippen molar-refractivity contribution in [1.29, 1.82) is 0 Å². The molecular weight excluding hydrogens is 1790 g/mol. The van der Waals surface area contributed by atoms with E-state index in [1.165, 1.54) is 275 Å². The van der Waals surface area contributed by atoms with Gasteiger partial charge in [0.1, 0.15) is 0 Å². The highest BCUT2D eigenvalue weighted by atomic mass is 31.1. The van der Waals surface area contributed by atoms with Gasteiger partial charge in [-0.3, -0.25) is 0 Å². The van der Waals surface area contributed by atoms with Crippen LogP contribution >= 0.6 is 18.2 Å². The van der Waals surface area contributed by atoms with Crippen molar-refractivity contribution >= 4 is 166 Å². The fourth-order valence-electron chi connectivity index (χ4n) is 24.6. The Bertz CT molecular complexity index is 9660. The SMILES string of the molecule is C1=Cc2ccc3c(-c4ccc(C5(c6ccc(-c7ccc8ccc9cccc%10ccc7c8c9%10)cc6)c6ccccc6-c6ccccc65)cc4)ccc4c3c2C(=CC4)C1.FB(P)P.c1ccc(-c2c3ccccc3c(-c3ccc(-c4ccc5c(c4)c4ccccc4n5-c4ccccc4)cc3)c3ccccc23)cc1.c1ccc(-c2c3ccccc3c(-c3ccc(-n4c5ccccc5c5ccccc54)cc3)c3ccccc23)cc1. The summed E-state index contributed by atoms with van der Waals surface area (Å²) in [6.07, 6.45) is 8.25. The van der Waals surface area contributed by atoms with Crippen molar-refractivity contribution in [3.8, 4) is 100 Å². The summed E-state index contributed by atoms with van der Waals surface area (Å²) in [5.41, 5.74) is 38.0. The van der Waals surface area contributed by atoms with Gasteiger partial charge in [0.15, 0.2) is 0 Å². The van der Waals surface area contributed by atoms with Crippen molar-refractivity contribution < 1.29 is 4.32 Å². The zero-order chi connectivity index (χ0) is 96.3. The molecule has 0 saturated heterocycles. The molecule has 0 amide bonds. The Morgan fingerprint density at radius 2 is 0.572 bits per heavy atom. The van der Waals surface area contributed by atoms with Crippen LogP contribution in [-0.2, 0) is 11.8 Å². The smallest absolute Gasteiger partial charge is 0.324 e. The summed E-state index contributed by atoms with van der Waals surface area (Å²) < 4.78 is 15.7. The third kappa shape index (κ3) is 14.5. The van der Waals surface area contributed by atoms with E-state index >= 15 is 0 Å². The van der Waals surface area contributed by atoms with E-state index in [1.807, 2.05) is 18.2 Å². The van der Waals surface area contributed by atoms with E-state index in [0.29, 0.717) is 0 Å². The van der Waals surface area contributed by atoms with Gasteiger partial charge in [0.05, 0.1) is 27.5 Å². The minimum atomic E-state index is -0.833. The minimum absolute atomic E-state index is 0.467. The highest BCUT2D eigenvalue weighted by molar-refractivity contribution is 7.91. The highest BCUT2D eigenvalue weighted by Gasteiger charge is 2.46. The number of nitrogens with zero attached hydrogens (tertiary/aromatic N) is 2. The van der Waals surface area contributed by atoms with Crippen molar-refractivity contribution in [2.24, 2.45) is 0 Å². The average molecular weight is 1880 g/mol. The number of hydrogen-bond donors (Lipinski definition) is 0. The van der Waals surface area contributed by atoms with Gasteiger partial charge in [-0.25, -0.2) is 0 Å². The van der Waals surface area contributed by atoms with Gasteiger partial charge < -0.3 is 13.4 Å². The first-order chi connectivity index (χ1) is 71.7. The lowest BCUT2D eigenvalue weighted by atomic mass is 9.67. The third-order valence-electron chi connectivity index (χ3n) is 30.7. The summed E-state index contributed by atoms with van der Waals surface area (Å²) in [5.74, 6) is 0. The predicted octanol–water partition coefficient (Wildman–Crippen LogP) is 38.0. The minimum Gasteiger partial charge on any atom is -0.324 e. The highest BCUT2D eigenvalue weighted by Crippen LogP contribution is 2.58. The van der Waals surface area contributed by atoms with Crippen molar-refractivity contribution in [3.63, 3.8) is 0 Å². The van der Waals surface area contributed by atoms with Crippen LogP contribution < -0.4 is 0 Å². The molecule has 3 aliphatic carbocycles. The number of fused-ring (bicyclic) bond motifs is 13. The number of allylic oxidation sites excluding steroid dienone is 3. The van der Waals surface area contributed by atoms with Gasteiger partial charge in [-0.2, -0.15) is 0 Å². The first-order valence-corrected chi connectivity index (χ1v) is 51.5. The molecule has 0 radical (unpaired) electrons. The normalized spacial score (nSPS) is 12.7. The quantitative estimate of drug-likeness (QED) is 0.0529. The molecule has 2 unspecified atom stereocenters. The monoisotopic (exact) mass is 1880 g/mol. The van der Waals surface area contributed by atoms with E-state index in [4.69, 9.17) is 0 Å². The van der Waals surface area contributed by atoms with Gasteiger partial charge in [-0.1, -0.05) is 467 Å². The van der Waals surface area contributed by atoms with E-state index in [9.17, 15) is 4.32 Å². The van der Waals surface area contributed by atoms with Crippen LogP contribution in [0.2, 0.25) is 0 Å². The standard InChI is InChI=1S/C57H36.C44H29N.C38H25N.BFH4P2/c1-3-13-51-47(11-1)48-12-2-4-14-52(48)57(51,43-27-19-35(20-28-43)45-31-23-41-17-15-37-7-5-9-39-25-33-49(45)55(41)53(37)39)44-29-21-36(22-30-44)46-32-24-42-18-16-38-8-6-10-40-26-34-50(46)56(42)54(38)40;1-3-13-31(14-4-1)43-36-18-7-9-20-38(36)44(39-21-10-8-19-37(39)43)32-25-23-30(24-26-32)33-27-28-42-40(29-33)35-17-11-12-22-41(35)45(42)34-15-5-2-6-16-34;1-2-12-26(13-3-1)37-31-16-4-6-18-33(31)38(34-19-7-5-17-32(34)37)27-22-24-28(25-23-27)39-35-20-10-8-14-29(35)30-15-9-11-21-36(30)39;2-1(3)4/h1-7,9-17,19-34H,8,18H2;1-29H;1-25H;3-4H2. The molecular formula is C139H94BFN2P2. The Labute approximate surface area is 846 Å². The molecule has 2 heterocycles. The summed E-state index contributed by atoms with van der Waals surface area (Å²) in [6, 6.07) is 186. The zero-order valence-electron chi connectivity index (χ0n) is 79.6. The van der Waals surface area contributed by atoms with Crippen LogP contribution in [0, 0.1) is 0 Å². The zero-order valence-corrected chi connectivity index (χ0v) is 81.9. The molecule has 0 saturated carbocycles. The third-order valence-corrected chi connectivity index (χ3v) is 30.7. The van der Waals surface area contributed by atoms with E-state index < -0.39 is 11.8 Å². The molecule has 27 aromatic rings. The molecule has 2 nitrogen and oxygen atoms in total. The number of para-hydroxylation sites is 4. The Morgan fingerprint density at radius 1 is 0.228 bits per heavy atom. The first kappa shape index (κ1) is 86.8. The molecule has 0 fully saturated rings. The molecule has 6 heteroatoms. The van der Waals surface area contributed by atoms with Crippen LogP contribution in [0.3, 0.4) is 0 Å². The molecule has 0 aliphatic heterocycles. The van der Waals surface area contributed by atoms with Gasteiger partial charge in [0.2, 0.25) is 0 Å². The Kier molecular flexibility index (Phi) is 21.6. The van der Waals surface area contributed by atoms with Crippen molar-refractivity contribution in [2.75, 3.05) is 0 Å². The summed E-state index contributed by atoms with van der Waals surface area (Å²) in [4.78, 5) is 0. The van der Waals surface area contributed by atoms with Crippen molar-refractivity contribution in [1.82, 2.24) is 9.13 Å². The van der Waals surface area contributed by atoms with Gasteiger partial charge in [-0.15, -0.1) is 18.2 Å². The Hall–Kier alpha value is -17.2. The average Bonchev–Trinajstić information content (AvgIpc) is 1.53. The second-order valence-corrected chi connectivity index (χ2v) is 40.5. The molecule has 25 aromatic carbocycles. The second kappa shape index (κ2) is 36.1. The van der Waals surface area contributed by atoms with Crippen molar-refractivity contribution in [3.05, 3.63) is 555 Å². The predicted molar refractivity (Wildman–Crippen MR) is 626 cm³/mol. The Morgan fingerprint density at radius 3 is 1.06 bits per heavy atom. The second-order valence-electron chi connectivity index (χ2n) is 38.5. The lowest BCUT2D eigenvalue weighted by Gasteiger charge is -2.34. The van der Waals surface area contributed by atoms with E-state index in [-0.39, 0.29) is 0 Å². The summed E-state index contributed by atoms with van der Waals surface area (Å²) >= 11 is 0. The topological polar surface area (TPSA) is 9.86 Å². The van der Waals surface area contributed by atoms with Crippen LogP contribution in [0.15, 0.2) is 516 Å². The molecule has 3 aliphatic rings. The van der Waals surface area contributed by atoms with Crippen LogP contribution in [0.4, 0.5) is 4.32 Å². The van der Waals surface area contributed by atoms with E-state index in [1.54, 1.807) is 0 Å². The molecule has 0 spiro atoms. The van der Waals surface area contributed by atoms with Crippen molar-refractivity contribution in [2.45, 2.75) is 18.3 Å². The van der Waals surface area contributed by atoms with Gasteiger partial charge >= 0.3 is 6.43 Å². The van der Waals surface area contributed by atoms with Gasteiger partial charge in [0.25, 0.3) is 0 Å². The largest absolute Gasteiger partial charge is 0.388 e. The molecule has 145 heavy (non-hydrogen) atoms. The fraction of sp³-hybridized carbons (Fsp3) is 0.0216. The van der Waals surface area contributed by atoms with Crippen LogP contribution in [0.1, 0.15) is 45.4 Å². The lowest BCUT2D eigenvalue weighted by molar-refractivity contribution is 0.769. The van der Waals surface area contributed by atoms with Gasteiger partial charge in [-0.05, 0) is 287 Å². The maximum atomic E-state index is 10.9. The first-order valence-electron chi connectivity index (χ1n) is 50.2. The maximum Gasteiger partial charge on any atom is 0.388 e. The number of aromatic nitrogens is 2. The Balaban J connectivity index is 0.000000108. The number of benzene rings is 25. The summed E-state index contributed by atoms with van der Waals surface area (Å²) in [6.45, 7) is 0. The van der Waals surface area contributed by atoms with E-state index in [0.717, 1.165) is 12.8 Å². The van der Waals surface area contributed by atoms with Gasteiger partial charge in [0, 0.05) is 32.9 Å². The molecule has 2 aromatic heterocycles. The molecule has 0 N–H and O–H groups in total. The summed E-state index contributed by atoms with van der Waals surface area (Å²) in [5, 5.41) is 26.0. The van der Waals surface area contributed by atoms with Crippen LogP contribution in [0.25, 0.3) is 242 Å². The number of halogens is 1. The maximum absolute atomic E-state index is 10.9. The van der Waals surface area contributed by atoms with Crippen LogP contribution in [0.5, 0.6) is 0 Å².